The molecule has 1 aromatic rings. The standard InChI is InChI=1S/C18H24F3N3O3S/c1-12-15(2-3-16(22-12)18(19,20)21)28(25,26)23-13-8-17(9-13)10-24(11-17)14-4-6-27-7-5-14/h2-3,13-14,23H,4-11H2,1H3. The van der Waals surface area contributed by atoms with Gasteiger partial charge in [-0.3, -0.25) is 4.90 Å². The molecule has 0 atom stereocenters. The number of pyridine rings is 1. The molecule has 0 radical (unpaired) electrons. The van der Waals surface area contributed by atoms with Gasteiger partial charge < -0.3 is 4.74 Å². The van der Waals surface area contributed by atoms with E-state index in [0.717, 1.165) is 58.1 Å². The monoisotopic (exact) mass is 419 g/mol. The largest absolute Gasteiger partial charge is 0.433 e. The van der Waals surface area contributed by atoms with E-state index in [0.29, 0.717) is 12.1 Å². The zero-order valence-corrected chi connectivity index (χ0v) is 16.4. The number of nitrogens with zero attached hydrogens (tertiary/aromatic N) is 2. The van der Waals surface area contributed by atoms with Crippen LogP contribution in [0.25, 0.3) is 0 Å². The Balaban J connectivity index is 1.33. The smallest absolute Gasteiger partial charge is 0.381 e. The van der Waals surface area contributed by atoms with E-state index in [2.05, 4.69) is 14.6 Å². The van der Waals surface area contributed by atoms with Gasteiger partial charge in [0.1, 0.15) is 10.6 Å². The van der Waals surface area contributed by atoms with E-state index in [1.807, 2.05) is 0 Å². The van der Waals surface area contributed by atoms with Gasteiger partial charge in [-0.1, -0.05) is 0 Å². The van der Waals surface area contributed by atoms with Gasteiger partial charge in [0.25, 0.3) is 0 Å². The highest BCUT2D eigenvalue weighted by molar-refractivity contribution is 7.89. The summed E-state index contributed by atoms with van der Waals surface area (Å²) in [5, 5.41) is 0. The summed E-state index contributed by atoms with van der Waals surface area (Å²) in [6.07, 6.45) is -0.974. The Labute approximate surface area is 162 Å². The lowest BCUT2D eigenvalue weighted by Gasteiger charge is -2.61. The van der Waals surface area contributed by atoms with E-state index in [9.17, 15) is 21.6 Å². The quantitative estimate of drug-likeness (QED) is 0.811. The highest BCUT2D eigenvalue weighted by Gasteiger charge is 2.54. The van der Waals surface area contributed by atoms with Gasteiger partial charge in [-0.2, -0.15) is 13.2 Å². The Morgan fingerprint density at radius 2 is 1.86 bits per heavy atom. The number of likely N-dealkylation sites (tertiary alicyclic amines) is 1. The van der Waals surface area contributed by atoms with Crippen molar-refractivity contribution in [3.63, 3.8) is 0 Å². The molecule has 6 nitrogen and oxygen atoms in total. The second-order valence-electron chi connectivity index (χ2n) is 8.25. The molecule has 1 aromatic heterocycles. The van der Waals surface area contributed by atoms with Gasteiger partial charge >= 0.3 is 6.18 Å². The second-order valence-corrected chi connectivity index (χ2v) is 9.94. The van der Waals surface area contributed by atoms with Crippen LogP contribution in [0.1, 0.15) is 37.1 Å². The molecule has 1 saturated carbocycles. The Morgan fingerprint density at radius 3 is 2.43 bits per heavy atom. The molecule has 1 spiro atoms. The predicted molar refractivity (Wildman–Crippen MR) is 95.2 cm³/mol. The van der Waals surface area contributed by atoms with E-state index in [1.165, 1.54) is 6.92 Å². The third-order valence-corrected chi connectivity index (χ3v) is 7.74. The summed E-state index contributed by atoms with van der Waals surface area (Å²) in [5.74, 6) is 0. The molecular formula is C18H24F3N3O3S. The van der Waals surface area contributed by atoms with Crippen molar-refractivity contribution in [2.45, 2.75) is 55.8 Å². The van der Waals surface area contributed by atoms with E-state index in [1.54, 1.807) is 0 Å². The SMILES string of the molecule is Cc1nc(C(F)(F)F)ccc1S(=O)(=O)NC1CC2(C1)CN(C1CCOCC1)C2. The fourth-order valence-corrected chi connectivity index (χ4v) is 6.14. The van der Waals surface area contributed by atoms with Crippen molar-refractivity contribution in [3.8, 4) is 0 Å². The topological polar surface area (TPSA) is 71.5 Å². The van der Waals surface area contributed by atoms with Crippen LogP contribution in [-0.4, -0.2) is 56.7 Å². The first kappa shape index (κ1) is 20.1. The summed E-state index contributed by atoms with van der Waals surface area (Å²) in [4.78, 5) is 5.68. The lowest BCUT2D eigenvalue weighted by Crippen LogP contribution is -2.68. The minimum atomic E-state index is -4.60. The molecule has 0 unspecified atom stereocenters. The Hall–Kier alpha value is -1.23. The first-order valence-corrected chi connectivity index (χ1v) is 11.0. The fraction of sp³-hybridized carbons (Fsp3) is 0.722. The second kappa shape index (κ2) is 6.93. The minimum absolute atomic E-state index is 0.148. The van der Waals surface area contributed by atoms with Crippen LogP contribution in [0.3, 0.4) is 0 Å². The Kier molecular flexibility index (Phi) is 4.96. The molecule has 0 aromatic carbocycles. The van der Waals surface area contributed by atoms with Crippen LogP contribution in [0.5, 0.6) is 0 Å². The lowest BCUT2D eigenvalue weighted by molar-refractivity contribution is -0.141. The third kappa shape index (κ3) is 3.79. The van der Waals surface area contributed by atoms with Gasteiger partial charge in [-0.15, -0.1) is 0 Å². The van der Waals surface area contributed by atoms with Crippen molar-refractivity contribution in [3.05, 3.63) is 23.5 Å². The maximum absolute atomic E-state index is 12.7. The van der Waals surface area contributed by atoms with Crippen molar-refractivity contribution in [1.29, 1.82) is 0 Å². The molecule has 10 heteroatoms. The van der Waals surface area contributed by atoms with Crippen LogP contribution in [-0.2, 0) is 20.9 Å². The van der Waals surface area contributed by atoms with Gasteiger partial charge in [0.15, 0.2) is 0 Å². The third-order valence-electron chi connectivity index (χ3n) is 6.08. The molecule has 4 rings (SSSR count). The molecule has 28 heavy (non-hydrogen) atoms. The maximum Gasteiger partial charge on any atom is 0.433 e. The van der Waals surface area contributed by atoms with Gasteiger partial charge in [0.2, 0.25) is 10.0 Å². The zero-order chi connectivity index (χ0) is 20.2. The van der Waals surface area contributed by atoms with Gasteiger partial charge in [0, 0.05) is 38.4 Å². The van der Waals surface area contributed by atoms with Crippen molar-refractivity contribution in [2.24, 2.45) is 5.41 Å². The molecule has 3 heterocycles. The van der Waals surface area contributed by atoms with E-state index in [4.69, 9.17) is 4.74 Å². The summed E-state index contributed by atoms with van der Waals surface area (Å²) >= 11 is 0. The maximum atomic E-state index is 12.7. The first-order chi connectivity index (χ1) is 13.1. The zero-order valence-electron chi connectivity index (χ0n) is 15.6. The molecule has 3 fully saturated rings. The Bertz CT molecular complexity index is 839. The van der Waals surface area contributed by atoms with Crippen molar-refractivity contribution in [1.82, 2.24) is 14.6 Å². The van der Waals surface area contributed by atoms with Crippen molar-refractivity contribution >= 4 is 10.0 Å². The molecule has 0 bridgehead atoms. The molecular weight excluding hydrogens is 395 g/mol. The number of aryl methyl sites for hydroxylation is 1. The van der Waals surface area contributed by atoms with Gasteiger partial charge in [0.05, 0.1) is 5.69 Å². The number of sulfonamides is 1. The van der Waals surface area contributed by atoms with Crippen LogP contribution in [0.2, 0.25) is 0 Å². The number of ether oxygens (including phenoxy) is 1. The van der Waals surface area contributed by atoms with E-state index >= 15 is 0 Å². The summed E-state index contributed by atoms with van der Waals surface area (Å²) < 4.78 is 71.4. The number of hydrogen-bond donors (Lipinski definition) is 1. The highest BCUT2D eigenvalue weighted by Crippen LogP contribution is 2.50. The summed E-state index contributed by atoms with van der Waals surface area (Å²) in [6.45, 7) is 4.85. The summed E-state index contributed by atoms with van der Waals surface area (Å²) in [7, 11) is -3.89. The molecule has 156 valence electrons. The normalized spacial score (nSPS) is 24.1. The average molecular weight is 419 g/mol. The van der Waals surface area contributed by atoms with Crippen LogP contribution >= 0.6 is 0 Å². The number of rotatable bonds is 4. The van der Waals surface area contributed by atoms with E-state index in [-0.39, 0.29) is 22.0 Å². The van der Waals surface area contributed by atoms with Crippen molar-refractivity contribution in [2.75, 3.05) is 26.3 Å². The molecule has 3 aliphatic rings. The number of hydrogen-bond acceptors (Lipinski definition) is 5. The molecule has 2 aliphatic heterocycles. The number of alkyl halides is 3. The minimum Gasteiger partial charge on any atom is -0.381 e. The summed E-state index contributed by atoms with van der Waals surface area (Å²) in [5.41, 5.74) is -1.06. The number of halogens is 3. The number of nitrogens with one attached hydrogen (secondary N) is 1. The first-order valence-electron chi connectivity index (χ1n) is 9.47. The highest BCUT2D eigenvalue weighted by atomic mass is 32.2. The van der Waals surface area contributed by atoms with Crippen molar-refractivity contribution < 1.29 is 26.3 Å². The molecule has 2 saturated heterocycles. The lowest BCUT2D eigenvalue weighted by atomic mass is 9.60. The van der Waals surface area contributed by atoms with Crippen LogP contribution in [0.15, 0.2) is 17.0 Å². The Morgan fingerprint density at radius 1 is 1.21 bits per heavy atom. The van der Waals surface area contributed by atoms with Crippen LogP contribution in [0, 0.1) is 12.3 Å². The van der Waals surface area contributed by atoms with E-state index < -0.39 is 21.9 Å². The van der Waals surface area contributed by atoms with Gasteiger partial charge in [-0.05, 0) is 50.2 Å². The predicted octanol–water partition coefficient (Wildman–Crippen LogP) is 2.33. The average Bonchev–Trinajstić information content (AvgIpc) is 2.55. The molecule has 0 amide bonds. The van der Waals surface area contributed by atoms with Crippen LogP contribution < -0.4 is 4.72 Å². The van der Waals surface area contributed by atoms with Gasteiger partial charge in [-0.25, -0.2) is 18.1 Å². The summed E-state index contributed by atoms with van der Waals surface area (Å²) in [6, 6.07) is 2.08. The molecule has 1 N–H and O–H groups in total. The fourth-order valence-electron chi connectivity index (χ4n) is 4.72. The van der Waals surface area contributed by atoms with Crippen LogP contribution in [0.4, 0.5) is 13.2 Å². The number of aromatic nitrogens is 1. The molecule has 1 aliphatic carbocycles.